The van der Waals surface area contributed by atoms with Crippen molar-refractivity contribution in [2.24, 2.45) is 0 Å². The normalized spacial score (nSPS) is 10.2. The minimum Gasteiger partial charge on any atom is -0.497 e. The van der Waals surface area contributed by atoms with Crippen LogP contribution in [-0.2, 0) is 4.79 Å². The van der Waals surface area contributed by atoms with Crippen LogP contribution in [0.2, 0.25) is 0 Å². The number of para-hydroxylation sites is 2. The van der Waals surface area contributed by atoms with E-state index in [9.17, 15) is 9.59 Å². The van der Waals surface area contributed by atoms with Crippen LogP contribution in [0.25, 0.3) is 0 Å². The lowest BCUT2D eigenvalue weighted by molar-refractivity contribution is -0.116. The smallest absolute Gasteiger partial charge is 0.255 e. The number of nitrogens with zero attached hydrogens (tertiary/aromatic N) is 1. The van der Waals surface area contributed by atoms with Crippen molar-refractivity contribution in [2.75, 3.05) is 32.6 Å². The topological polar surface area (TPSA) is 67.9 Å². The van der Waals surface area contributed by atoms with Crippen molar-refractivity contribution in [3.63, 3.8) is 0 Å². The largest absolute Gasteiger partial charge is 0.497 e. The van der Waals surface area contributed by atoms with Gasteiger partial charge in [-0.2, -0.15) is 0 Å². The van der Waals surface area contributed by atoms with Gasteiger partial charge in [0.05, 0.1) is 25.5 Å². The molecule has 27 heavy (non-hydrogen) atoms. The first-order chi connectivity index (χ1) is 13.0. The Balaban J connectivity index is 2.17. The van der Waals surface area contributed by atoms with Gasteiger partial charge in [0.25, 0.3) is 5.91 Å². The van der Waals surface area contributed by atoms with Crippen molar-refractivity contribution in [3.8, 4) is 11.5 Å². The van der Waals surface area contributed by atoms with Crippen LogP contribution in [0.3, 0.4) is 0 Å². The van der Waals surface area contributed by atoms with E-state index in [-0.39, 0.29) is 18.4 Å². The zero-order chi connectivity index (χ0) is 19.8. The van der Waals surface area contributed by atoms with Crippen molar-refractivity contribution in [1.29, 1.82) is 0 Å². The number of carbonyl (C=O) groups excluding carboxylic acids is 2. The standard InChI is InChI=1S/C20H23BrN2O4/c1-4-11-23(20(25)15-12-14(26-2)9-10-16(15)21)13-19(24)22-17-7-5-6-8-18(17)27-3/h5-10,12H,4,11,13H2,1-3H3,(H,22,24). The molecule has 0 aliphatic heterocycles. The molecule has 1 N–H and O–H groups in total. The lowest BCUT2D eigenvalue weighted by Gasteiger charge is -2.22. The second kappa shape index (κ2) is 9.97. The van der Waals surface area contributed by atoms with E-state index in [0.29, 0.717) is 33.8 Å². The molecule has 2 aromatic rings. The van der Waals surface area contributed by atoms with Gasteiger partial charge in [0, 0.05) is 11.0 Å². The molecular weight excluding hydrogens is 412 g/mol. The van der Waals surface area contributed by atoms with Crippen LogP contribution < -0.4 is 14.8 Å². The third-order valence-corrected chi connectivity index (χ3v) is 4.59. The van der Waals surface area contributed by atoms with Crippen LogP contribution in [0.5, 0.6) is 11.5 Å². The Labute approximate surface area is 167 Å². The number of hydrogen-bond donors (Lipinski definition) is 1. The van der Waals surface area contributed by atoms with E-state index in [1.165, 1.54) is 12.0 Å². The van der Waals surface area contributed by atoms with Crippen LogP contribution in [0.4, 0.5) is 5.69 Å². The average molecular weight is 435 g/mol. The van der Waals surface area contributed by atoms with Crippen LogP contribution in [-0.4, -0.2) is 44.0 Å². The summed E-state index contributed by atoms with van der Waals surface area (Å²) in [5.41, 5.74) is 1.02. The summed E-state index contributed by atoms with van der Waals surface area (Å²) in [7, 11) is 3.08. The molecule has 0 unspecified atom stereocenters. The summed E-state index contributed by atoms with van der Waals surface area (Å²) in [5.74, 6) is 0.615. The molecule has 0 atom stereocenters. The Morgan fingerprint density at radius 2 is 1.85 bits per heavy atom. The van der Waals surface area contributed by atoms with Gasteiger partial charge in [-0.1, -0.05) is 19.1 Å². The van der Waals surface area contributed by atoms with E-state index in [4.69, 9.17) is 9.47 Å². The summed E-state index contributed by atoms with van der Waals surface area (Å²) in [6.45, 7) is 2.36. The Morgan fingerprint density at radius 1 is 1.11 bits per heavy atom. The van der Waals surface area contributed by atoms with Gasteiger partial charge in [-0.05, 0) is 52.7 Å². The maximum absolute atomic E-state index is 13.0. The fraction of sp³-hybridized carbons (Fsp3) is 0.300. The first-order valence-electron chi connectivity index (χ1n) is 8.55. The van der Waals surface area contributed by atoms with Crippen LogP contribution in [0, 0.1) is 0 Å². The number of amides is 2. The van der Waals surface area contributed by atoms with Crippen LogP contribution in [0.1, 0.15) is 23.7 Å². The number of halogens is 1. The molecule has 0 spiro atoms. The third-order valence-electron chi connectivity index (χ3n) is 3.90. The summed E-state index contributed by atoms with van der Waals surface area (Å²) in [6, 6.07) is 12.3. The highest BCUT2D eigenvalue weighted by Gasteiger charge is 2.21. The number of ether oxygens (including phenoxy) is 2. The lowest BCUT2D eigenvalue weighted by Crippen LogP contribution is -2.38. The molecule has 0 aliphatic rings. The monoisotopic (exact) mass is 434 g/mol. The van der Waals surface area contributed by atoms with E-state index < -0.39 is 0 Å². The molecule has 0 aromatic heterocycles. The Morgan fingerprint density at radius 3 is 2.52 bits per heavy atom. The van der Waals surface area contributed by atoms with Crippen molar-refractivity contribution in [1.82, 2.24) is 4.90 Å². The predicted molar refractivity (Wildman–Crippen MR) is 109 cm³/mol. The number of nitrogens with one attached hydrogen (secondary N) is 1. The predicted octanol–water partition coefficient (Wildman–Crippen LogP) is 3.96. The Bertz CT molecular complexity index is 810. The van der Waals surface area contributed by atoms with Gasteiger partial charge in [-0.25, -0.2) is 0 Å². The molecule has 2 amide bonds. The molecule has 0 saturated heterocycles. The Hall–Kier alpha value is -2.54. The van der Waals surface area contributed by atoms with E-state index in [1.54, 1.807) is 43.5 Å². The van der Waals surface area contributed by atoms with Gasteiger partial charge in [0.1, 0.15) is 18.0 Å². The highest BCUT2D eigenvalue weighted by Crippen LogP contribution is 2.25. The van der Waals surface area contributed by atoms with E-state index in [2.05, 4.69) is 21.2 Å². The molecule has 2 aromatic carbocycles. The minimum absolute atomic E-state index is 0.0611. The first-order valence-corrected chi connectivity index (χ1v) is 9.35. The number of methoxy groups -OCH3 is 2. The number of carbonyl (C=O) groups is 2. The van der Waals surface area contributed by atoms with Gasteiger partial charge in [-0.15, -0.1) is 0 Å². The summed E-state index contributed by atoms with van der Waals surface area (Å²) in [4.78, 5) is 27.0. The molecule has 6 nitrogen and oxygen atoms in total. The van der Waals surface area contributed by atoms with E-state index in [0.717, 1.165) is 6.42 Å². The molecule has 2 rings (SSSR count). The maximum Gasteiger partial charge on any atom is 0.255 e. The van der Waals surface area contributed by atoms with Crippen molar-refractivity contribution >= 4 is 33.4 Å². The molecule has 144 valence electrons. The van der Waals surface area contributed by atoms with Gasteiger partial charge in [0.2, 0.25) is 5.91 Å². The highest BCUT2D eigenvalue weighted by atomic mass is 79.9. The third kappa shape index (κ3) is 5.47. The number of anilines is 1. The maximum atomic E-state index is 13.0. The zero-order valence-electron chi connectivity index (χ0n) is 15.6. The van der Waals surface area contributed by atoms with Gasteiger partial charge in [0.15, 0.2) is 0 Å². The number of rotatable bonds is 8. The second-order valence-electron chi connectivity index (χ2n) is 5.82. The van der Waals surface area contributed by atoms with Gasteiger partial charge in [-0.3, -0.25) is 9.59 Å². The zero-order valence-corrected chi connectivity index (χ0v) is 17.2. The van der Waals surface area contributed by atoms with Crippen LogP contribution >= 0.6 is 15.9 Å². The van der Waals surface area contributed by atoms with Gasteiger partial charge >= 0.3 is 0 Å². The summed E-state index contributed by atoms with van der Waals surface area (Å²) >= 11 is 3.40. The highest BCUT2D eigenvalue weighted by molar-refractivity contribution is 9.10. The fourth-order valence-electron chi connectivity index (χ4n) is 2.60. The molecule has 0 heterocycles. The molecule has 0 aliphatic carbocycles. The molecule has 0 saturated carbocycles. The fourth-order valence-corrected chi connectivity index (χ4v) is 3.02. The SMILES string of the molecule is CCCN(CC(=O)Nc1ccccc1OC)C(=O)c1cc(OC)ccc1Br. The summed E-state index contributed by atoms with van der Waals surface area (Å²) in [5, 5.41) is 2.80. The summed E-state index contributed by atoms with van der Waals surface area (Å²) < 4.78 is 11.1. The van der Waals surface area contributed by atoms with Gasteiger partial charge < -0.3 is 19.7 Å². The molecule has 0 fully saturated rings. The average Bonchev–Trinajstić information content (AvgIpc) is 2.68. The number of hydrogen-bond acceptors (Lipinski definition) is 4. The Kier molecular flexibility index (Phi) is 7.67. The first kappa shape index (κ1) is 20.8. The molecule has 7 heteroatoms. The number of benzene rings is 2. The quantitative estimate of drug-likeness (QED) is 0.682. The van der Waals surface area contributed by atoms with Crippen LogP contribution in [0.15, 0.2) is 46.9 Å². The molecular formula is C20H23BrN2O4. The molecule has 0 radical (unpaired) electrons. The minimum atomic E-state index is -0.291. The van der Waals surface area contributed by atoms with Crippen molar-refractivity contribution in [2.45, 2.75) is 13.3 Å². The molecule has 0 bridgehead atoms. The van der Waals surface area contributed by atoms with Crippen molar-refractivity contribution < 1.29 is 19.1 Å². The van der Waals surface area contributed by atoms with E-state index >= 15 is 0 Å². The second-order valence-corrected chi connectivity index (χ2v) is 6.68. The summed E-state index contributed by atoms with van der Waals surface area (Å²) in [6.07, 6.45) is 0.731. The van der Waals surface area contributed by atoms with Crippen molar-refractivity contribution in [3.05, 3.63) is 52.5 Å². The van der Waals surface area contributed by atoms with E-state index in [1.807, 2.05) is 13.0 Å². The lowest BCUT2D eigenvalue weighted by atomic mass is 10.1.